The van der Waals surface area contributed by atoms with E-state index in [2.05, 4.69) is 10.3 Å². The number of ether oxygens (including phenoxy) is 1. The first-order chi connectivity index (χ1) is 8.19. The number of hydrogen-bond donors (Lipinski definition) is 1. The molecule has 0 fully saturated rings. The Morgan fingerprint density at radius 3 is 2.71 bits per heavy atom. The van der Waals surface area contributed by atoms with E-state index in [1.165, 1.54) is 37.4 Å². The number of methoxy groups -OCH3 is 1. The Balaban J connectivity index is 2.24. The zero-order valence-electron chi connectivity index (χ0n) is 9.08. The number of rotatable bonds is 3. The lowest BCUT2D eigenvalue weighted by Gasteiger charge is -2.07. The van der Waals surface area contributed by atoms with Crippen LogP contribution in [0.4, 0.5) is 20.3 Å². The first-order valence-corrected chi connectivity index (χ1v) is 4.92. The van der Waals surface area contributed by atoms with E-state index in [1.807, 2.05) is 0 Å². The molecule has 3 nitrogen and oxygen atoms in total. The molecule has 0 saturated carbocycles. The summed E-state index contributed by atoms with van der Waals surface area (Å²) in [4.78, 5) is 3.63. The molecule has 17 heavy (non-hydrogen) atoms. The predicted molar refractivity (Wildman–Crippen MR) is 60.4 cm³/mol. The molecule has 1 aromatic heterocycles. The summed E-state index contributed by atoms with van der Waals surface area (Å²) < 4.78 is 30.8. The molecule has 0 bridgehead atoms. The van der Waals surface area contributed by atoms with E-state index in [1.54, 1.807) is 6.07 Å². The summed E-state index contributed by atoms with van der Waals surface area (Å²) in [6.45, 7) is 0. The van der Waals surface area contributed by atoms with Crippen molar-refractivity contribution in [3.8, 4) is 5.75 Å². The summed E-state index contributed by atoms with van der Waals surface area (Å²) in [5, 5.41) is 2.85. The molecule has 0 saturated heterocycles. The van der Waals surface area contributed by atoms with Gasteiger partial charge in [-0.1, -0.05) is 6.07 Å². The Bertz CT molecular complexity index is 532. The van der Waals surface area contributed by atoms with Gasteiger partial charge in [0.1, 0.15) is 5.82 Å². The zero-order chi connectivity index (χ0) is 12.3. The van der Waals surface area contributed by atoms with Crippen molar-refractivity contribution in [3.05, 3.63) is 48.2 Å². The molecule has 0 aliphatic carbocycles. The second kappa shape index (κ2) is 4.78. The first-order valence-electron chi connectivity index (χ1n) is 4.92. The van der Waals surface area contributed by atoms with Crippen LogP contribution in [0.15, 0.2) is 36.4 Å². The molecule has 0 unspecified atom stereocenters. The third kappa shape index (κ3) is 2.69. The molecule has 1 aromatic carbocycles. The van der Waals surface area contributed by atoms with Crippen LogP contribution in [0.2, 0.25) is 0 Å². The minimum atomic E-state index is -0.580. The van der Waals surface area contributed by atoms with Crippen molar-refractivity contribution in [2.75, 3.05) is 12.4 Å². The summed E-state index contributed by atoms with van der Waals surface area (Å²) in [7, 11) is 1.38. The summed E-state index contributed by atoms with van der Waals surface area (Å²) in [5.41, 5.74) is 0.571. The SMILES string of the molecule is COc1cc(Nc2cccc(F)n2)ccc1F. The van der Waals surface area contributed by atoms with Crippen LogP contribution in [0.3, 0.4) is 0 Å². The second-order valence-electron chi connectivity index (χ2n) is 3.32. The van der Waals surface area contributed by atoms with Crippen molar-refractivity contribution in [2.45, 2.75) is 0 Å². The highest BCUT2D eigenvalue weighted by molar-refractivity contribution is 5.58. The minimum Gasteiger partial charge on any atom is -0.494 e. The highest BCUT2D eigenvalue weighted by atomic mass is 19.1. The van der Waals surface area contributed by atoms with Gasteiger partial charge < -0.3 is 10.1 Å². The van der Waals surface area contributed by atoms with Crippen molar-refractivity contribution in [3.63, 3.8) is 0 Å². The van der Waals surface area contributed by atoms with E-state index in [9.17, 15) is 8.78 Å². The van der Waals surface area contributed by atoms with Crippen molar-refractivity contribution in [2.24, 2.45) is 0 Å². The van der Waals surface area contributed by atoms with Crippen LogP contribution < -0.4 is 10.1 Å². The Morgan fingerprint density at radius 2 is 2.00 bits per heavy atom. The minimum absolute atomic E-state index is 0.117. The van der Waals surface area contributed by atoms with Crippen molar-refractivity contribution >= 4 is 11.5 Å². The smallest absolute Gasteiger partial charge is 0.214 e. The average molecular weight is 236 g/mol. The Labute approximate surface area is 97.1 Å². The van der Waals surface area contributed by atoms with Crippen LogP contribution in [0.25, 0.3) is 0 Å². The van der Waals surface area contributed by atoms with Gasteiger partial charge in [0, 0.05) is 11.8 Å². The fourth-order valence-electron chi connectivity index (χ4n) is 1.36. The Hall–Kier alpha value is -2.17. The molecule has 0 atom stereocenters. The van der Waals surface area contributed by atoms with Crippen LogP contribution in [-0.4, -0.2) is 12.1 Å². The monoisotopic (exact) mass is 236 g/mol. The van der Waals surface area contributed by atoms with Crippen molar-refractivity contribution in [1.29, 1.82) is 0 Å². The Morgan fingerprint density at radius 1 is 1.18 bits per heavy atom. The maximum absolute atomic E-state index is 13.1. The van der Waals surface area contributed by atoms with Crippen LogP contribution >= 0.6 is 0 Å². The van der Waals surface area contributed by atoms with Gasteiger partial charge in [-0.2, -0.15) is 4.39 Å². The normalized spacial score (nSPS) is 10.1. The van der Waals surface area contributed by atoms with Gasteiger partial charge >= 0.3 is 0 Å². The molecular weight excluding hydrogens is 226 g/mol. The molecule has 5 heteroatoms. The molecule has 2 rings (SSSR count). The molecule has 0 aliphatic heterocycles. The maximum atomic E-state index is 13.1. The molecule has 2 aromatic rings. The molecule has 88 valence electrons. The molecule has 1 N–H and O–H groups in total. The van der Waals surface area contributed by atoms with Crippen LogP contribution in [0, 0.1) is 11.8 Å². The molecule has 1 heterocycles. The van der Waals surface area contributed by atoms with Gasteiger partial charge in [0.25, 0.3) is 0 Å². The number of halogens is 2. The molecule has 0 aliphatic rings. The van der Waals surface area contributed by atoms with E-state index in [0.29, 0.717) is 11.5 Å². The predicted octanol–water partition coefficient (Wildman–Crippen LogP) is 3.11. The van der Waals surface area contributed by atoms with Crippen LogP contribution in [-0.2, 0) is 0 Å². The quantitative estimate of drug-likeness (QED) is 0.831. The summed E-state index contributed by atoms with van der Waals surface area (Å²) in [6, 6.07) is 8.65. The maximum Gasteiger partial charge on any atom is 0.214 e. The fraction of sp³-hybridized carbons (Fsp3) is 0.0833. The van der Waals surface area contributed by atoms with E-state index in [-0.39, 0.29) is 5.75 Å². The lowest BCUT2D eigenvalue weighted by molar-refractivity contribution is 0.387. The van der Waals surface area contributed by atoms with Gasteiger partial charge in [-0.3, -0.25) is 0 Å². The van der Waals surface area contributed by atoms with Gasteiger partial charge in [0.05, 0.1) is 7.11 Å². The number of benzene rings is 1. The lowest BCUT2D eigenvalue weighted by atomic mass is 10.3. The number of anilines is 2. The lowest BCUT2D eigenvalue weighted by Crippen LogP contribution is -1.96. The summed E-state index contributed by atoms with van der Waals surface area (Å²) in [6.07, 6.45) is 0. The average Bonchev–Trinajstić information content (AvgIpc) is 2.32. The number of nitrogens with one attached hydrogen (secondary N) is 1. The molecule has 0 spiro atoms. The summed E-state index contributed by atoms with van der Waals surface area (Å²) in [5.74, 6) is -0.570. The number of hydrogen-bond acceptors (Lipinski definition) is 3. The fourth-order valence-corrected chi connectivity index (χ4v) is 1.36. The number of nitrogens with zero attached hydrogens (tertiary/aromatic N) is 1. The second-order valence-corrected chi connectivity index (χ2v) is 3.32. The van der Waals surface area contributed by atoms with E-state index in [4.69, 9.17) is 4.74 Å². The van der Waals surface area contributed by atoms with Crippen molar-refractivity contribution in [1.82, 2.24) is 4.98 Å². The highest BCUT2D eigenvalue weighted by Gasteiger charge is 2.04. The molecular formula is C12H10F2N2O. The van der Waals surface area contributed by atoms with E-state index in [0.717, 1.165) is 0 Å². The number of pyridine rings is 1. The van der Waals surface area contributed by atoms with Crippen LogP contribution in [0.1, 0.15) is 0 Å². The van der Waals surface area contributed by atoms with Gasteiger partial charge in [0.2, 0.25) is 5.95 Å². The largest absolute Gasteiger partial charge is 0.494 e. The third-order valence-electron chi connectivity index (χ3n) is 2.14. The van der Waals surface area contributed by atoms with E-state index >= 15 is 0 Å². The third-order valence-corrected chi connectivity index (χ3v) is 2.14. The molecule has 0 radical (unpaired) electrons. The van der Waals surface area contributed by atoms with Crippen molar-refractivity contribution < 1.29 is 13.5 Å². The van der Waals surface area contributed by atoms with Gasteiger partial charge in [-0.05, 0) is 24.3 Å². The molecule has 0 amide bonds. The van der Waals surface area contributed by atoms with Gasteiger partial charge in [0.15, 0.2) is 11.6 Å². The highest BCUT2D eigenvalue weighted by Crippen LogP contribution is 2.23. The van der Waals surface area contributed by atoms with E-state index < -0.39 is 11.8 Å². The topological polar surface area (TPSA) is 34.1 Å². The van der Waals surface area contributed by atoms with Gasteiger partial charge in [-0.25, -0.2) is 9.37 Å². The first kappa shape index (κ1) is 11.3. The van der Waals surface area contributed by atoms with Gasteiger partial charge in [-0.15, -0.1) is 0 Å². The number of aromatic nitrogens is 1. The standard InChI is InChI=1S/C12H10F2N2O/c1-17-10-7-8(5-6-9(10)13)15-12-4-2-3-11(14)16-12/h2-7H,1H3,(H,15,16). The summed E-state index contributed by atoms with van der Waals surface area (Å²) >= 11 is 0. The Kier molecular flexibility index (Phi) is 3.18. The zero-order valence-corrected chi connectivity index (χ0v) is 9.08. The van der Waals surface area contributed by atoms with Crippen LogP contribution in [0.5, 0.6) is 5.75 Å².